The molecule has 0 unspecified atom stereocenters. The van der Waals surface area contributed by atoms with Gasteiger partial charge in [0.1, 0.15) is 6.61 Å². The largest absolute Gasteiger partial charge is 0.490 e. The van der Waals surface area contributed by atoms with Crippen LogP contribution in [0.5, 0.6) is 11.5 Å². The SMILES string of the molecule is CCOc1cc(/C=C2\SC(=NC(=O)c3ccccc3)NC2=O)ccc1OCc1ccc(Cl)c(Cl)c1. The molecule has 1 heterocycles. The standard InChI is InChI=1S/C26H20Cl2N2O4S/c1-2-33-22-13-16(9-11-21(22)34-15-17-8-10-19(27)20(28)12-17)14-23-25(32)30-26(35-23)29-24(31)18-6-4-3-5-7-18/h3-14H,2,15H2,1H3,(H,29,30,31,32)/b23-14-. The number of rotatable bonds is 7. The average molecular weight is 527 g/mol. The molecule has 178 valence electrons. The Labute approximate surface area is 216 Å². The fourth-order valence-electron chi connectivity index (χ4n) is 3.16. The van der Waals surface area contributed by atoms with E-state index in [2.05, 4.69) is 10.3 Å². The number of carbonyl (C=O) groups excluding carboxylic acids is 2. The van der Waals surface area contributed by atoms with Gasteiger partial charge in [0.25, 0.3) is 11.8 Å². The monoisotopic (exact) mass is 526 g/mol. The number of nitrogens with one attached hydrogen (secondary N) is 1. The molecule has 0 atom stereocenters. The van der Waals surface area contributed by atoms with Gasteiger partial charge in [-0.1, -0.05) is 53.5 Å². The second-order valence-electron chi connectivity index (χ2n) is 7.33. The third kappa shape index (κ3) is 6.45. The Morgan fingerprint density at radius 3 is 2.54 bits per heavy atom. The second-order valence-corrected chi connectivity index (χ2v) is 9.17. The van der Waals surface area contributed by atoms with Crippen LogP contribution >= 0.6 is 35.0 Å². The zero-order valence-corrected chi connectivity index (χ0v) is 20.9. The molecule has 9 heteroatoms. The molecule has 1 N–H and O–H groups in total. The molecule has 0 spiro atoms. The van der Waals surface area contributed by atoms with E-state index in [1.54, 1.807) is 54.6 Å². The zero-order chi connectivity index (χ0) is 24.8. The highest BCUT2D eigenvalue weighted by Gasteiger charge is 2.25. The third-order valence-corrected chi connectivity index (χ3v) is 6.47. The van der Waals surface area contributed by atoms with Crippen LogP contribution in [-0.4, -0.2) is 23.6 Å². The highest BCUT2D eigenvalue weighted by molar-refractivity contribution is 8.18. The van der Waals surface area contributed by atoms with Crippen molar-refractivity contribution in [2.24, 2.45) is 4.99 Å². The van der Waals surface area contributed by atoms with Crippen molar-refractivity contribution >= 4 is 58.0 Å². The first-order valence-corrected chi connectivity index (χ1v) is 12.2. The van der Waals surface area contributed by atoms with Crippen molar-refractivity contribution in [3.8, 4) is 11.5 Å². The summed E-state index contributed by atoms with van der Waals surface area (Å²) in [4.78, 5) is 29.2. The fraction of sp³-hybridized carbons (Fsp3) is 0.115. The van der Waals surface area contributed by atoms with E-state index in [-0.39, 0.29) is 17.7 Å². The number of hydrogen-bond acceptors (Lipinski definition) is 5. The molecule has 2 amide bonds. The molecule has 3 aromatic carbocycles. The molecular formula is C26H20Cl2N2O4S. The second kappa shape index (κ2) is 11.4. The summed E-state index contributed by atoms with van der Waals surface area (Å²) in [5.41, 5.74) is 2.05. The predicted molar refractivity (Wildman–Crippen MR) is 140 cm³/mol. The smallest absolute Gasteiger partial charge is 0.279 e. The first-order chi connectivity index (χ1) is 16.9. The minimum atomic E-state index is -0.420. The van der Waals surface area contributed by atoms with Crippen LogP contribution in [0.2, 0.25) is 10.0 Å². The summed E-state index contributed by atoms with van der Waals surface area (Å²) >= 11 is 13.2. The highest BCUT2D eigenvalue weighted by atomic mass is 35.5. The minimum absolute atomic E-state index is 0.238. The van der Waals surface area contributed by atoms with Gasteiger partial charge in [0, 0.05) is 5.56 Å². The Morgan fingerprint density at radius 1 is 1.00 bits per heavy atom. The van der Waals surface area contributed by atoms with E-state index in [9.17, 15) is 9.59 Å². The predicted octanol–water partition coefficient (Wildman–Crippen LogP) is 6.37. The van der Waals surface area contributed by atoms with Crippen molar-refractivity contribution in [2.75, 3.05) is 6.61 Å². The van der Waals surface area contributed by atoms with E-state index < -0.39 is 5.91 Å². The van der Waals surface area contributed by atoms with Gasteiger partial charge in [0.2, 0.25) is 0 Å². The van der Waals surface area contributed by atoms with Gasteiger partial charge in [-0.25, -0.2) is 0 Å². The van der Waals surface area contributed by atoms with Gasteiger partial charge < -0.3 is 14.8 Å². The summed E-state index contributed by atoms with van der Waals surface area (Å²) in [7, 11) is 0. The molecule has 0 aromatic heterocycles. The van der Waals surface area contributed by atoms with Crippen LogP contribution in [0.25, 0.3) is 6.08 Å². The quantitative estimate of drug-likeness (QED) is 0.362. The first-order valence-electron chi connectivity index (χ1n) is 10.7. The summed E-state index contributed by atoms with van der Waals surface area (Å²) in [6.07, 6.45) is 1.71. The van der Waals surface area contributed by atoms with Gasteiger partial charge in [0.05, 0.1) is 21.6 Å². The number of amidine groups is 1. The lowest BCUT2D eigenvalue weighted by Gasteiger charge is -2.13. The maximum Gasteiger partial charge on any atom is 0.279 e. The molecule has 4 rings (SSSR count). The van der Waals surface area contributed by atoms with Crippen molar-refractivity contribution in [1.29, 1.82) is 0 Å². The molecule has 1 saturated heterocycles. The number of halogens is 2. The van der Waals surface area contributed by atoms with E-state index >= 15 is 0 Å². The summed E-state index contributed by atoms with van der Waals surface area (Å²) < 4.78 is 11.7. The van der Waals surface area contributed by atoms with Gasteiger partial charge in [-0.15, -0.1) is 0 Å². The topological polar surface area (TPSA) is 77.0 Å². The van der Waals surface area contributed by atoms with E-state index in [4.69, 9.17) is 32.7 Å². The molecule has 0 bridgehead atoms. The van der Waals surface area contributed by atoms with E-state index in [1.807, 2.05) is 25.1 Å². The van der Waals surface area contributed by atoms with Crippen LogP contribution in [0, 0.1) is 0 Å². The molecule has 1 fully saturated rings. The number of nitrogens with zero attached hydrogens (tertiary/aromatic N) is 1. The summed E-state index contributed by atoms with van der Waals surface area (Å²) in [5, 5.41) is 3.81. The molecule has 0 radical (unpaired) electrons. The highest BCUT2D eigenvalue weighted by Crippen LogP contribution is 2.33. The zero-order valence-electron chi connectivity index (χ0n) is 18.6. The van der Waals surface area contributed by atoms with Gasteiger partial charge in [-0.05, 0) is 72.3 Å². The lowest BCUT2D eigenvalue weighted by molar-refractivity contribution is -0.115. The van der Waals surface area contributed by atoms with Crippen molar-refractivity contribution in [3.63, 3.8) is 0 Å². The fourth-order valence-corrected chi connectivity index (χ4v) is 4.30. The Morgan fingerprint density at radius 2 is 1.80 bits per heavy atom. The van der Waals surface area contributed by atoms with Crippen molar-refractivity contribution in [1.82, 2.24) is 5.32 Å². The lowest BCUT2D eigenvalue weighted by atomic mass is 10.2. The van der Waals surface area contributed by atoms with Crippen LogP contribution in [-0.2, 0) is 11.4 Å². The maximum atomic E-state index is 12.4. The number of benzene rings is 3. The Hall–Kier alpha value is -3.26. The Kier molecular flexibility index (Phi) is 8.13. The molecule has 6 nitrogen and oxygen atoms in total. The number of thioether (sulfide) groups is 1. The molecule has 1 aliphatic rings. The molecule has 0 saturated carbocycles. The van der Waals surface area contributed by atoms with Gasteiger partial charge >= 0.3 is 0 Å². The van der Waals surface area contributed by atoms with E-state index in [0.29, 0.717) is 38.6 Å². The number of aliphatic imine (C=N–C) groups is 1. The number of hydrogen-bond donors (Lipinski definition) is 1. The third-order valence-electron chi connectivity index (χ3n) is 4.82. The minimum Gasteiger partial charge on any atom is -0.490 e. The van der Waals surface area contributed by atoms with Crippen LogP contribution in [0.4, 0.5) is 0 Å². The van der Waals surface area contributed by atoms with Crippen molar-refractivity contribution in [3.05, 3.63) is 98.4 Å². The summed E-state index contributed by atoms with van der Waals surface area (Å²) in [6, 6.07) is 19.4. The van der Waals surface area contributed by atoms with Crippen LogP contribution in [0.3, 0.4) is 0 Å². The van der Waals surface area contributed by atoms with Crippen LogP contribution in [0.1, 0.15) is 28.4 Å². The van der Waals surface area contributed by atoms with E-state index in [0.717, 1.165) is 22.9 Å². The number of carbonyl (C=O) groups is 2. The van der Waals surface area contributed by atoms with Gasteiger partial charge in [-0.3, -0.25) is 9.59 Å². The number of amides is 2. The van der Waals surface area contributed by atoms with E-state index in [1.165, 1.54) is 0 Å². The molecule has 35 heavy (non-hydrogen) atoms. The van der Waals surface area contributed by atoms with Gasteiger partial charge in [0.15, 0.2) is 16.7 Å². The van der Waals surface area contributed by atoms with Crippen LogP contribution < -0.4 is 14.8 Å². The molecular weight excluding hydrogens is 507 g/mol. The van der Waals surface area contributed by atoms with Gasteiger partial charge in [-0.2, -0.15) is 4.99 Å². The lowest BCUT2D eigenvalue weighted by Crippen LogP contribution is -2.20. The average Bonchev–Trinajstić information content (AvgIpc) is 3.19. The summed E-state index contributed by atoms with van der Waals surface area (Å²) in [6.45, 7) is 2.60. The Bertz CT molecular complexity index is 1330. The number of ether oxygens (including phenoxy) is 2. The van der Waals surface area contributed by atoms with Crippen molar-refractivity contribution < 1.29 is 19.1 Å². The summed E-state index contributed by atoms with van der Waals surface area (Å²) in [5.74, 6) is 0.349. The molecule has 1 aliphatic heterocycles. The maximum absolute atomic E-state index is 12.4. The first kappa shape index (κ1) is 24.9. The normalized spacial score (nSPS) is 15.3. The molecule has 3 aromatic rings. The Balaban J connectivity index is 1.49. The van der Waals surface area contributed by atoms with Crippen molar-refractivity contribution in [2.45, 2.75) is 13.5 Å². The van der Waals surface area contributed by atoms with Crippen LogP contribution in [0.15, 0.2) is 76.6 Å². The molecule has 0 aliphatic carbocycles.